The summed E-state index contributed by atoms with van der Waals surface area (Å²) in [5.41, 5.74) is 6.02. The highest BCUT2D eigenvalue weighted by molar-refractivity contribution is 7.98. The maximum Gasteiger partial charge on any atom is 0.335 e. The van der Waals surface area contributed by atoms with Crippen LogP contribution in [0.4, 0.5) is 5.69 Å². The summed E-state index contributed by atoms with van der Waals surface area (Å²) < 4.78 is 0. The lowest BCUT2D eigenvalue weighted by Gasteiger charge is -2.13. The first-order chi connectivity index (χ1) is 8.95. The second-order valence-electron chi connectivity index (χ2n) is 3.88. The molecular formula is C12H15ClN2O3S. The average Bonchev–Trinajstić information content (AvgIpc) is 2.38. The monoisotopic (exact) mass is 302 g/mol. The van der Waals surface area contributed by atoms with Gasteiger partial charge in [0.25, 0.3) is 0 Å². The number of thioether (sulfide) groups is 1. The fourth-order valence-corrected chi connectivity index (χ4v) is 2.01. The molecule has 0 radical (unpaired) electrons. The smallest absolute Gasteiger partial charge is 0.335 e. The van der Waals surface area contributed by atoms with Crippen LogP contribution in [-0.2, 0) is 4.79 Å². The first-order valence-corrected chi connectivity index (χ1v) is 7.31. The summed E-state index contributed by atoms with van der Waals surface area (Å²) >= 11 is 7.50. The van der Waals surface area contributed by atoms with Crippen LogP contribution >= 0.6 is 23.4 Å². The molecule has 7 heteroatoms. The van der Waals surface area contributed by atoms with Gasteiger partial charge in [-0.3, -0.25) is 4.79 Å². The molecule has 0 saturated carbocycles. The van der Waals surface area contributed by atoms with Crippen molar-refractivity contribution < 1.29 is 14.7 Å². The van der Waals surface area contributed by atoms with E-state index in [0.29, 0.717) is 6.42 Å². The van der Waals surface area contributed by atoms with Crippen LogP contribution in [0, 0.1) is 0 Å². The van der Waals surface area contributed by atoms with Crippen LogP contribution in [0.5, 0.6) is 0 Å². The summed E-state index contributed by atoms with van der Waals surface area (Å²) in [5.74, 6) is -0.686. The van der Waals surface area contributed by atoms with Crippen molar-refractivity contribution in [2.24, 2.45) is 5.73 Å². The van der Waals surface area contributed by atoms with E-state index in [-0.39, 0.29) is 22.2 Å². The highest BCUT2D eigenvalue weighted by Crippen LogP contribution is 2.23. The Hall–Kier alpha value is -1.24. The van der Waals surface area contributed by atoms with Crippen LogP contribution < -0.4 is 11.1 Å². The Morgan fingerprint density at radius 1 is 1.53 bits per heavy atom. The normalized spacial score (nSPS) is 11.9. The zero-order valence-electron chi connectivity index (χ0n) is 10.4. The summed E-state index contributed by atoms with van der Waals surface area (Å²) in [4.78, 5) is 22.6. The molecule has 1 rings (SSSR count). The van der Waals surface area contributed by atoms with Gasteiger partial charge in [-0.25, -0.2) is 4.79 Å². The molecular weight excluding hydrogens is 288 g/mol. The number of nitrogens with two attached hydrogens (primary N) is 1. The van der Waals surface area contributed by atoms with Gasteiger partial charge in [-0.2, -0.15) is 11.8 Å². The van der Waals surface area contributed by atoms with Gasteiger partial charge in [-0.1, -0.05) is 11.6 Å². The first kappa shape index (κ1) is 15.8. The SMILES string of the molecule is CSCC[C@@H](N)C(=O)Nc1cc(C(=O)O)ccc1Cl. The second-order valence-corrected chi connectivity index (χ2v) is 5.27. The number of hydrogen-bond donors (Lipinski definition) is 3. The van der Waals surface area contributed by atoms with Gasteiger partial charge in [0.1, 0.15) is 0 Å². The summed E-state index contributed by atoms with van der Waals surface area (Å²) in [6, 6.07) is 3.46. The highest BCUT2D eigenvalue weighted by atomic mass is 35.5. The number of anilines is 1. The second kappa shape index (κ2) is 7.37. The summed E-state index contributed by atoms with van der Waals surface area (Å²) in [5, 5.41) is 11.7. The molecule has 104 valence electrons. The maximum atomic E-state index is 11.8. The van der Waals surface area contributed by atoms with Crippen molar-refractivity contribution in [1.82, 2.24) is 0 Å². The van der Waals surface area contributed by atoms with E-state index < -0.39 is 12.0 Å². The van der Waals surface area contributed by atoms with E-state index in [2.05, 4.69) is 5.32 Å². The Bertz CT molecular complexity index is 482. The third kappa shape index (κ3) is 4.74. The van der Waals surface area contributed by atoms with Crippen LogP contribution in [-0.4, -0.2) is 35.0 Å². The molecule has 5 nitrogen and oxygen atoms in total. The lowest BCUT2D eigenvalue weighted by molar-refractivity contribution is -0.117. The predicted octanol–water partition coefficient (Wildman–Crippen LogP) is 2.06. The number of carboxylic acid groups (broad SMARTS) is 1. The van der Waals surface area contributed by atoms with Gasteiger partial charge in [-0.15, -0.1) is 0 Å². The van der Waals surface area contributed by atoms with Gasteiger partial charge < -0.3 is 16.2 Å². The molecule has 0 saturated heterocycles. The molecule has 0 aliphatic carbocycles. The maximum absolute atomic E-state index is 11.8. The Morgan fingerprint density at radius 2 is 2.21 bits per heavy atom. The van der Waals surface area contributed by atoms with E-state index in [4.69, 9.17) is 22.4 Å². The Morgan fingerprint density at radius 3 is 2.79 bits per heavy atom. The van der Waals surface area contributed by atoms with Crippen molar-refractivity contribution in [3.8, 4) is 0 Å². The third-order valence-corrected chi connectivity index (χ3v) is 3.41. The minimum absolute atomic E-state index is 0.0531. The number of halogens is 1. The third-order valence-electron chi connectivity index (χ3n) is 2.44. The van der Waals surface area contributed by atoms with Gasteiger partial charge in [0, 0.05) is 0 Å². The number of amides is 1. The highest BCUT2D eigenvalue weighted by Gasteiger charge is 2.15. The van der Waals surface area contributed by atoms with Gasteiger partial charge in [-0.05, 0) is 36.6 Å². The van der Waals surface area contributed by atoms with E-state index in [1.165, 1.54) is 18.2 Å². The molecule has 19 heavy (non-hydrogen) atoms. The quantitative estimate of drug-likeness (QED) is 0.748. The Balaban J connectivity index is 2.78. The zero-order chi connectivity index (χ0) is 14.4. The van der Waals surface area contributed by atoms with Crippen LogP contribution in [0.3, 0.4) is 0 Å². The van der Waals surface area contributed by atoms with Crippen molar-refractivity contribution in [1.29, 1.82) is 0 Å². The molecule has 0 aromatic heterocycles. The summed E-state index contributed by atoms with van der Waals surface area (Å²) in [6.07, 6.45) is 2.47. The van der Waals surface area contributed by atoms with Gasteiger partial charge in [0.2, 0.25) is 5.91 Å². The number of carbonyl (C=O) groups is 2. The number of carbonyl (C=O) groups excluding carboxylic acids is 1. The number of rotatable bonds is 6. The molecule has 0 spiro atoms. The molecule has 0 fully saturated rings. The van der Waals surface area contributed by atoms with Gasteiger partial charge >= 0.3 is 5.97 Å². The van der Waals surface area contributed by atoms with Crippen LogP contribution in [0.2, 0.25) is 5.02 Å². The molecule has 4 N–H and O–H groups in total. The lowest BCUT2D eigenvalue weighted by atomic mass is 10.2. The number of hydrogen-bond acceptors (Lipinski definition) is 4. The van der Waals surface area contributed by atoms with E-state index in [1.54, 1.807) is 11.8 Å². The number of benzene rings is 1. The first-order valence-electron chi connectivity index (χ1n) is 5.54. The van der Waals surface area contributed by atoms with E-state index in [9.17, 15) is 9.59 Å². The fraction of sp³-hybridized carbons (Fsp3) is 0.333. The van der Waals surface area contributed by atoms with Crippen molar-refractivity contribution in [3.63, 3.8) is 0 Å². The van der Waals surface area contributed by atoms with E-state index in [0.717, 1.165) is 5.75 Å². The molecule has 0 heterocycles. The molecule has 0 aliphatic heterocycles. The summed E-state index contributed by atoms with van der Waals surface area (Å²) in [7, 11) is 0. The molecule has 0 aliphatic rings. The van der Waals surface area contributed by atoms with Crippen molar-refractivity contribution in [3.05, 3.63) is 28.8 Å². The number of carboxylic acids is 1. The minimum atomic E-state index is -1.08. The van der Waals surface area contributed by atoms with E-state index >= 15 is 0 Å². The summed E-state index contributed by atoms with van der Waals surface area (Å²) in [6.45, 7) is 0. The zero-order valence-corrected chi connectivity index (χ0v) is 11.9. The predicted molar refractivity (Wildman–Crippen MR) is 78.0 cm³/mol. The Labute approximate surface area is 120 Å². The van der Waals surface area contributed by atoms with Crippen LogP contribution in [0.15, 0.2) is 18.2 Å². The number of nitrogens with one attached hydrogen (secondary N) is 1. The standard InChI is InChI=1S/C12H15ClN2O3S/c1-19-5-4-9(14)11(16)15-10-6-7(12(17)18)2-3-8(10)13/h2-3,6,9H,4-5,14H2,1H3,(H,15,16)(H,17,18)/t9-/m1/s1. The average molecular weight is 303 g/mol. The van der Waals surface area contributed by atoms with Crippen molar-refractivity contribution >= 4 is 40.9 Å². The van der Waals surface area contributed by atoms with Crippen molar-refractivity contribution in [2.45, 2.75) is 12.5 Å². The van der Waals surface area contributed by atoms with Crippen LogP contribution in [0.25, 0.3) is 0 Å². The molecule has 1 aromatic rings. The van der Waals surface area contributed by atoms with Crippen molar-refractivity contribution in [2.75, 3.05) is 17.3 Å². The number of aromatic carboxylic acids is 1. The lowest BCUT2D eigenvalue weighted by Crippen LogP contribution is -2.36. The molecule has 0 bridgehead atoms. The molecule has 1 atom stereocenters. The Kier molecular flexibility index (Phi) is 6.14. The largest absolute Gasteiger partial charge is 0.478 e. The van der Waals surface area contributed by atoms with Crippen LogP contribution in [0.1, 0.15) is 16.8 Å². The molecule has 1 aromatic carbocycles. The van der Waals surface area contributed by atoms with E-state index in [1.807, 2.05) is 6.26 Å². The van der Waals surface area contributed by atoms with Gasteiger partial charge in [0.15, 0.2) is 0 Å². The fourth-order valence-electron chi connectivity index (χ4n) is 1.36. The minimum Gasteiger partial charge on any atom is -0.478 e. The molecule has 0 unspecified atom stereocenters. The van der Waals surface area contributed by atoms with Gasteiger partial charge in [0.05, 0.1) is 22.3 Å². The molecule has 1 amide bonds. The topological polar surface area (TPSA) is 92.4 Å².